The van der Waals surface area contributed by atoms with Crippen LogP contribution < -0.4 is 20.7 Å². The van der Waals surface area contributed by atoms with Crippen LogP contribution in [-0.4, -0.2) is 52.0 Å². The van der Waals surface area contributed by atoms with Crippen molar-refractivity contribution in [3.8, 4) is 27.3 Å². The molecule has 1 aliphatic carbocycles. The highest BCUT2D eigenvalue weighted by molar-refractivity contribution is 7.22. The van der Waals surface area contributed by atoms with E-state index in [-0.39, 0.29) is 6.10 Å². The van der Waals surface area contributed by atoms with Crippen molar-refractivity contribution in [2.45, 2.75) is 104 Å². The number of hydrogen-bond donors (Lipinski definition) is 3. The molecule has 6 rings (SSSR count). The van der Waals surface area contributed by atoms with Gasteiger partial charge in [-0.25, -0.2) is 19.6 Å². The summed E-state index contributed by atoms with van der Waals surface area (Å²) in [7, 11) is 0. The number of ether oxygens (including phenoxy) is 3. The lowest BCUT2D eigenvalue weighted by molar-refractivity contribution is 0.0523. The van der Waals surface area contributed by atoms with Crippen molar-refractivity contribution < 1.29 is 23.8 Å². The fourth-order valence-corrected chi connectivity index (χ4v) is 8.02. The number of nitrogens with one attached hydrogen (secondary N) is 3. The number of rotatable bonds is 14. The van der Waals surface area contributed by atoms with Gasteiger partial charge < -0.3 is 24.8 Å². The quantitative estimate of drug-likeness (QED) is 0.0942. The maximum atomic E-state index is 12.6. The third kappa shape index (κ3) is 10.9. The molecule has 1 aliphatic rings. The smallest absolute Gasteiger partial charge is 0.411 e. The zero-order valence-electron chi connectivity index (χ0n) is 31.8. The number of hydrogen-bond acceptors (Lipinski definition) is 11. The fraction of sp³-hybridized carbons (Fsp3) is 0.439. The molecule has 0 radical (unpaired) electrons. The first-order valence-electron chi connectivity index (χ1n) is 18.7. The van der Waals surface area contributed by atoms with Crippen molar-refractivity contribution >= 4 is 55.9 Å². The second-order valence-electron chi connectivity index (χ2n) is 14.6. The minimum absolute atomic E-state index is 0.00946. The van der Waals surface area contributed by atoms with Crippen molar-refractivity contribution in [2.24, 2.45) is 0 Å². The molecule has 0 unspecified atom stereocenters. The molecule has 2 aromatic carbocycles. The number of carbonyl (C=O) groups is 2. The van der Waals surface area contributed by atoms with E-state index >= 15 is 0 Å². The molecule has 0 bridgehead atoms. The van der Waals surface area contributed by atoms with Crippen molar-refractivity contribution in [1.82, 2.24) is 20.3 Å². The Bertz CT molecular complexity index is 2050. The van der Waals surface area contributed by atoms with Gasteiger partial charge in [0.1, 0.15) is 17.5 Å². The predicted molar refractivity (Wildman–Crippen MR) is 218 cm³/mol. The Morgan fingerprint density at radius 2 is 1.70 bits per heavy atom. The lowest BCUT2D eigenvalue weighted by Gasteiger charge is -2.22. The Kier molecular flexibility index (Phi) is 13.0. The molecule has 3 aromatic heterocycles. The Morgan fingerprint density at radius 1 is 0.889 bits per heavy atom. The van der Waals surface area contributed by atoms with Gasteiger partial charge in [0.25, 0.3) is 0 Å². The topological polar surface area (TPSA) is 137 Å². The molecular weight excluding hydrogens is 721 g/mol. The van der Waals surface area contributed by atoms with E-state index in [4.69, 9.17) is 19.2 Å². The van der Waals surface area contributed by atoms with Crippen LogP contribution in [0.1, 0.15) is 89.1 Å². The molecule has 0 saturated heterocycles. The van der Waals surface area contributed by atoms with Crippen LogP contribution in [-0.2, 0) is 16.0 Å². The number of unbranched alkanes of at least 4 members (excludes halogenated alkanes) is 2. The molecule has 13 heteroatoms. The third-order valence-electron chi connectivity index (χ3n) is 9.12. The van der Waals surface area contributed by atoms with E-state index in [0.29, 0.717) is 18.8 Å². The SMILES string of the molecule is Cc1ncc(-c2ccc3nc(NCCCCCOc4cc(-c5scnc5C)ccc4CNC(=O)OC(C)(C)C)sc3c2)cc1NC(=O)OC1CCCCC1. The minimum Gasteiger partial charge on any atom is -0.493 e. The monoisotopic (exact) mass is 770 g/mol. The molecule has 3 heterocycles. The average Bonchev–Trinajstić information content (AvgIpc) is 3.76. The van der Waals surface area contributed by atoms with Crippen molar-refractivity contribution in [2.75, 3.05) is 23.8 Å². The van der Waals surface area contributed by atoms with Crippen molar-refractivity contribution in [3.63, 3.8) is 0 Å². The van der Waals surface area contributed by atoms with Gasteiger partial charge in [-0.3, -0.25) is 10.3 Å². The largest absolute Gasteiger partial charge is 0.493 e. The zero-order valence-corrected chi connectivity index (χ0v) is 33.4. The van der Waals surface area contributed by atoms with Gasteiger partial charge in [0.15, 0.2) is 5.13 Å². The van der Waals surface area contributed by atoms with Crippen LogP contribution in [0.4, 0.5) is 20.4 Å². The Morgan fingerprint density at radius 3 is 2.48 bits per heavy atom. The number of fused-ring (bicyclic) bond motifs is 1. The molecule has 54 heavy (non-hydrogen) atoms. The molecular formula is C41H50N6O5S2. The second kappa shape index (κ2) is 18.1. The summed E-state index contributed by atoms with van der Waals surface area (Å²) in [5.41, 5.74) is 8.43. The molecule has 5 aromatic rings. The van der Waals surface area contributed by atoms with Crippen LogP contribution in [0.15, 0.2) is 54.2 Å². The van der Waals surface area contributed by atoms with Crippen LogP contribution in [0.25, 0.3) is 31.8 Å². The molecule has 3 N–H and O–H groups in total. The van der Waals surface area contributed by atoms with Crippen LogP contribution in [0.2, 0.25) is 0 Å². The van der Waals surface area contributed by atoms with Gasteiger partial charge in [0.05, 0.1) is 44.3 Å². The highest BCUT2D eigenvalue weighted by Gasteiger charge is 2.20. The highest BCUT2D eigenvalue weighted by atomic mass is 32.1. The molecule has 2 amide bonds. The van der Waals surface area contributed by atoms with E-state index < -0.39 is 17.8 Å². The Hall–Kier alpha value is -4.75. The Balaban J connectivity index is 0.986. The number of anilines is 2. The maximum absolute atomic E-state index is 12.6. The number of amides is 2. The number of pyridine rings is 1. The van der Waals surface area contributed by atoms with Gasteiger partial charge in [-0.1, -0.05) is 36.0 Å². The second-order valence-corrected chi connectivity index (χ2v) is 16.5. The number of thiazole rings is 2. The number of alkyl carbamates (subject to hydrolysis) is 1. The van der Waals surface area contributed by atoms with Gasteiger partial charge in [-0.15, -0.1) is 11.3 Å². The number of nitrogens with zero attached hydrogens (tertiary/aromatic N) is 3. The van der Waals surface area contributed by atoms with E-state index in [1.54, 1.807) is 22.7 Å². The fourth-order valence-electron chi connectivity index (χ4n) is 6.29. The molecule has 11 nitrogen and oxygen atoms in total. The van der Waals surface area contributed by atoms with E-state index in [0.717, 1.165) is 111 Å². The first-order valence-corrected chi connectivity index (χ1v) is 20.4. The summed E-state index contributed by atoms with van der Waals surface area (Å²) in [5.74, 6) is 0.745. The van der Waals surface area contributed by atoms with E-state index in [1.165, 1.54) is 6.42 Å². The summed E-state index contributed by atoms with van der Waals surface area (Å²) in [5, 5.41) is 10.1. The highest BCUT2D eigenvalue weighted by Crippen LogP contribution is 2.34. The van der Waals surface area contributed by atoms with Gasteiger partial charge in [0, 0.05) is 30.4 Å². The number of aryl methyl sites for hydroxylation is 2. The summed E-state index contributed by atoms with van der Waals surface area (Å²) in [6.07, 6.45) is 9.03. The lowest BCUT2D eigenvalue weighted by atomic mass is 9.98. The summed E-state index contributed by atoms with van der Waals surface area (Å²) in [6, 6.07) is 14.2. The van der Waals surface area contributed by atoms with E-state index in [1.807, 2.05) is 82.7 Å². The van der Waals surface area contributed by atoms with Crippen molar-refractivity contribution in [3.05, 3.63) is 71.1 Å². The third-order valence-corrected chi connectivity index (χ3v) is 11.1. The van der Waals surface area contributed by atoms with E-state index in [9.17, 15) is 9.59 Å². The van der Waals surface area contributed by atoms with Gasteiger partial charge in [-0.05, 0) is 115 Å². The molecule has 286 valence electrons. The van der Waals surface area contributed by atoms with Gasteiger partial charge in [-0.2, -0.15) is 0 Å². The zero-order chi connectivity index (χ0) is 38.1. The van der Waals surface area contributed by atoms with Gasteiger partial charge in [0.2, 0.25) is 0 Å². The predicted octanol–water partition coefficient (Wildman–Crippen LogP) is 10.7. The summed E-state index contributed by atoms with van der Waals surface area (Å²) < 4.78 is 18.5. The van der Waals surface area contributed by atoms with Crippen LogP contribution >= 0.6 is 22.7 Å². The van der Waals surface area contributed by atoms with E-state index in [2.05, 4.69) is 32.0 Å². The molecule has 1 fully saturated rings. The molecule has 1 saturated carbocycles. The summed E-state index contributed by atoms with van der Waals surface area (Å²) in [4.78, 5) is 39.8. The molecule has 0 atom stereocenters. The maximum Gasteiger partial charge on any atom is 0.411 e. The van der Waals surface area contributed by atoms with Gasteiger partial charge >= 0.3 is 12.2 Å². The average molecular weight is 771 g/mol. The molecule has 0 aliphatic heterocycles. The first kappa shape index (κ1) is 39.0. The lowest BCUT2D eigenvalue weighted by Crippen LogP contribution is -2.32. The molecule has 0 spiro atoms. The Labute approximate surface area is 325 Å². The first-order chi connectivity index (χ1) is 26.0. The van der Waals surface area contributed by atoms with Crippen molar-refractivity contribution in [1.29, 1.82) is 0 Å². The number of benzene rings is 2. The standard InChI is InChI=1S/C41H50N6O5S2/c1-26-34(47-40(49)51-32-12-8-6-9-13-32)20-31(24-43-26)28-16-17-33-36(22-28)54-38(46-33)42-18-10-7-11-19-50-35-21-29(37-27(2)45-25-53-37)14-15-30(35)23-44-39(48)52-41(3,4)5/h14-17,20-22,24-25,32H,6-13,18-19,23H2,1-5H3,(H,42,46)(H,44,48)(H,47,49). The number of aromatic nitrogens is 3. The van der Waals surface area contributed by atoms with Crippen LogP contribution in [0, 0.1) is 13.8 Å². The minimum atomic E-state index is -0.571. The number of carbonyl (C=O) groups excluding carboxylic acids is 2. The normalized spacial score (nSPS) is 13.4. The summed E-state index contributed by atoms with van der Waals surface area (Å²) in [6.45, 7) is 11.1. The summed E-state index contributed by atoms with van der Waals surface area (Å²) >= 11 is 3.22. The van der Waals surface area contributed by atoms with Crippen LogP contribution in [0.5, 0.6) is 5.75 Å². The van der Waals surface area contributed by atoms with Crippen LogP contribution in [0.3, 0.4) is 0 Å².